The van der Waals surface area contributed by atoms with Gasteiger partial charge in [-0.05, 0) is 31.2 Å². The molecule has 2 heterocycles. The first-order chi connectivity index (χ1) is 10.6. The predicted molar refractivity (Wildman–Crippen MR) is 86.4 cm³/mol. The third kappa shape index (κ3) is 4.40. The Labute approximate surface area is 132 Å². The van der Waals surface area contributed by atoms with E-state index >= 15 is 0 Å². The molecule has 1 fully saturated rings. The van der Waals surface area contributed by atoms with E-state index in [-0.39, 0.29) is 11.8 Å². The molecular weight excluding hydrogens is 280 g/mol. The van der Waals surface area contributed by atoms with Crippen LogP contribution in [0.2, 0.25) is 0 Å². The molecule has 22 heavy (non-hydrogen) atoms. The van der Waals surface area contributed by atoms with Gasteiger partial charge in [-0.2, -0.15) is 0 Å². The Morgan fingerprint density at radius 1 is 1.36 bits per heavy atom. The highest BCUT2D eigenvalue weighted by Crippen LogP contribution is 2.20. The van der Waals surface area contributed by atoms with Gasteiger partial charge in [-0.15, -0.1) is 0 Å². The lowest BCUT2D eigenvalue weighted by molar-refractivity contribution is 0.0943. The molecule has 6 heteroatoms. The number of carbonyl (C=O) groups is 1. The highest BCUT2D eigenvalue weighted by atomic mass is 16.5. The maximum absolute atomic E-state index is 12.3. The summed E-state index contributed by atoms with van der Waals surface area (Å²) in [4.78, 5) is 23.5. The number of methoxy groups -OCH3 is 1. The highest BCUT2D eigenvalue weighted by Gasteiger charge is 2.19. The SMILES string of the molecule is COCCCNC(=O)c1cc(C(C)C)nc(N2CCCC2)n1. The fourth-order valence-corrected chi connectivity index (χ4v) is 2.43. The Morgan fingerprint density at radius 3 is 2.73 bits per heavy atom. The average molecular weight is 306 g/mol. The fourth-order valence-electron chi connectivity index (χ4n) is 2.43. The van der Waals surface area contributed by atoms with E-state index in [1.807, 2.05) is 0 Å². The van der Waals surface area contributed by atoms with Crippen LogP contribution in [-0.4, -0.2) is 49.2 Å². The molecule has 0 aliphatic carbocycles. The van der Waals surface area contributed by atoms with E-state index in [4.69, 9.17) is 4.74 Å². The minimum absolute atomic E-state index is 0.138. The molecule has 0 aromatic carbocycles. The summed E-state index contributed by atoms with van der Waals surface area (Å²) in [5, 5.41) is 2.89. The summed E-state index contributed by atoms with van der Waals surface area (Å²) in [6, 6.07) is 1.80. The second kappa shape index (κ2) is 8.08. The zero-order valence-electron chi connectivity index (χ0n) is 13.8. The molecule has 2 rings (SSSR count). The van der Waals surface area contributed by atoms with Crippen LogP contribution < -0.4 is 10.2 Å². The van der Waals surface area contributed by atoms with E-state index in [9.17, 15) is 4.79 Å². The minimum atomic E-state index is -0.138. The van der Waals surface area contributed by atoms with E-state index < -0.39 is 0 Å². The van der Waals surface area contributed by atoms with Gasteiger partial charge in [0.15, 0.2) is 0 Å². The Bertz CT molecular complexity index is 499. The first-order valence-corrected chi connectivity index (χ1v) is 8.03. The number of ether oxygens (including phenoxy) is 1. The Morgan fingerprint density at radius 2 is 2.09 bits per heavy atom. The summed E-state index contributed by atoms with van der Waals surface area (Å²) in [6.45, 7) is 7.33. The van der Waals surface area contributed by atoms with Gasteiger partial charge in [0.2, 0.25) is 5.95 Å². The first-order valence-electron chi connectivity index (χ1n) is 8.03. The number of anilines is 1. The molecule has 1 N–H and O–H groups in total. The topological polar surface area (TPSA) is 67.3 Å². The molecular formula is C16H26N4O2. The summed E-state index contributed by atoms with van der Waals surface area (Å²) in [5.41, 5.74) is 1.37. The number of rotatable bonds is 7. The third-order valence-electron chi connectivity index (χ3n) is 3.76. The van der Waals surface area contributed by atoms with E-state index in [2.05, 4.69) is 34.0 Å². The Hall–Kier alpha value is -1.69. The summed E-state index contributed by atoms with van der Waals surface area (Å²) in [7, 11) is 1.66. The molecule has 1 aliphatic heterocycles. The Kier molecular flexibility index (Phi) is 6.12. The van der Waals surface area contributed by atoms with Crippen molar-refractivity contribution in [2.24, 2.45) is 0 Å². The maximum atomic E-state index is 12.3. The van der Waals surface area contributed by atoms with Crippen LogP contribution in [0, 0.1) is 0 Å². The second-order valence-electron chi connectivity index (χ2n) is 5.93. The molecule has 0 saturated carbocycles. The van der Waals surface area contributed by atoms with Crippen LogP contribution in [0.25, 0.3) is 0 Å². The van der Waals surface area contributed by atoms with Crippen molar-refractivity contribution >= 4 is 11.9 Å². The van der Waals surface area contributed by atoms with Gasteiger partial charge in [0.05, 0.1) is 0 Å². The molecule has 1 aliphatic rings. The number of amides is 1. The molecule has 1 saturated heterocycles. The molecule has 0 bridgehead atoms. The van der Waals surface area contributed by atoms with Gasteiger partial charge in [0, 0.05) is 39.0 Å². The lowest BCUT2D eigenvalue weighted by atomic mass is 10.1. The van der Waals surface area contributed by atoms with Gasteiger partial charge in [0.1, 0.15) is 5.69 Å². The van der Waals surface area contributed by atoms with E-state index in [1.165, 1.54) is 0 Å². The average Bonchev–Trinajstić information content (AvgIpc) is 3.05. The smallest absolute Gasteiger partial charge is 0.270 e. The second-order valence-corrected chi connectivity index (χ2v) is 5.93. The van der Waals surface area contributed by atoms with Crippen molar-refractivity contribution < 1.29 is 9.53 Å². The van der Waals surface area contributed by atoms with Gasteiger partial charge < -0.3 is 15.0 Å². The minimum Gasteiger partial charge on any atom is -0.385 e. The van der Waals surface area contributed by atoms with Crippen LogP contribution in [-0.2, 0) is 4.74 Å². The van der Waals surface area contributed by atoms with Crippen LogP contribution in [0.15, 0.2) is 6.07 Å². The first kappa shape index (κ1) is 16.7. The number of aromatic nitrogens is 2. The predicted octanol–water partition coefficient (Wildman–Crippen LogP) is 1.97. The number of hydrogen-bond acceptors (Lipinski definition) is 5. The fraction of sp³-hybridized carbons (Fsp3) is 0.688. The highest BCUT2D eigenvalue weighted by molar-refractivity contribution is 5.92. The molecule has 1 amide bonds. The van der Waals surface area contributed by atoms with Crippen molar-refractivity contribution in [3.05, 3.63) is 17.5 Å². The molecule has 0 unspecified atom stereocenters. The molecule has 122 valence electrons. The molecule has 0 atom stereocenters. The lowest BCUT2D eigenvalue weighted by Crippen LogP contribution is -2.28. The Balaban J connectivity index is 2.12. The van der Waals surface area contributed by atoms with Crippen LogP contribution in [0.4, 0.5) is 5.95 Å². The summed E-state index contributed by atoms with van der Waals surface area (Å²) >= 11 is 0. The van der Waals surface area contributed by atoms with Gasteiger partial charge in [0.25, 0.3) is 5.91 Å². The number of carbonyl (C=O) groups excluding carboxylic acids is 1. The van der Waals surface area contributed by atoms with Crippen LogP contribution in [0.1, 0.15) is 55.2 Å². The largest absolute Gasteiger partial charge is 0.385 e. The summed E-state index contributed by atoms with van der Waals surface area (Å²) < 4.78 is 4.98. The monoisotopic (exact) mass is 306 g/mol. The summed E-state index contributed by atoms with van der Waals surface area (Å²) in [5.74, 6) is 0.816. The number of nitrogens with zero attached hydrogens (tertiary/aromatic N) is 3. The van der Waals surface area contributed by atoms with E-state index in [1.54, 1.807) is 13.2 Å². The molecule has 1 aromatic heterocycles. The molecule has 1 aromatic rings. The van der Waals surface area contributed by atoms with Crippen molar-refractivity contribution in [3.8, 4) is 0 Å². The summed E-state index contributed by atoms with van der Waals surface area (Å²) in [6.07, 6.45) is 3.12. The van der Waals surface area contributed by atoms with Gasteiger partial charge in [-0.3, -0.25) is 4.79 Å². The third-order valence-corrected chi connectivity index (χ3v) is 3.76. The zero-order valence-corrected chi connectivity index (χ0v) is 13.8. The van der Waals surface area contributed by atoms with E-state index in [0.717, 1.165) is 38.0 Å². The van der Waals surface area contributed by atoms with Gasteiger partial charge in [-0.25, -0.2) is 9.97 Å². The number of hydrogen-bond donors (Lipinski definition) is 1. The van der Waals surface area contributed by atoms with Gasteiger partial charge >= 0.3 is 0 Å². The van der Waals surface area contributed by atoms with Gasteiger partial charge in [-0.1, -0.05) is 13.8 Å². The maximum Gasteiger partial charge on any atom is 0.270 e. The normalized spacial score (nSPS) is 14.6. The van der Waals surface area contributed by atoms with Crippen molar-refractivity contribution in [2.45, 2.75) is 39.0 Å². The van der Waals surface area contributed by atoms with Crippen molar-refractivity contribution in [1.29, 1.82) is 0 Å². The molecule has 6 nitrogen and oxygen atoms in total. The van der Waals surface area contributed by atoms with Crippen molar-refractivity contribution in [1.82, 2.24) is 15.3 Å². The zero-order chi connectivity index (χ0) is 15.9. The molecule has 0 radical (unpaired) electrons. The quantitative estimate of drug-likeness (QED) is 0.780. The van der Waals surface area contributed by atoms with Crippen LogP contribution in [0.3, 0.4) is 0 Å². The van der Waals surface area contributed by atoms with E-state index in [0.29, 0.717) is 24.8 Å². The van der Waals surface area contributed by atoms with Crippen LogP contribution >= 0.6 is 0 Å². The van der Waals surface area contributed by atoms with Crippen molar-refractivity contribution in [3.63, 3.8) is 0 Å². The lowest BCUT2D eigenvalue weighted by Gasteiger charge is -2.18. The van der Waals surface area contributed by atoms with Crippen LogP contribution in [0.5, 0.6) is 0 Å². The molecule has 0 spiro atoms. The van der Waals surface area contributed by atoms with Crippen molar-refractivity contribution in [2.75, 3.05) is 38.3 Å². The number of nitrogens with one attached hydrogen (secondary N) is 1. The standard InChI is InChI=1S/C16H26N4O2/c1-12(2)13-11-14(15(21)17-7-6-10-22-3)19-16(18-13)20-8-4-5-9-20/h11-12H,4-10H2,1-3H3,(H,17,21).